The molecule has 0 heterocycles. The molecule has 1 rings (SSSR count). The summed E-state index contributed by atoms with van der Waals surface area (Å²) in [5, 5.41) is 12.5. The number of amides is 1. The number of hydrogen-bond acceptors (Lipinski definition) is 7. The Balaban J connectivity index is 3.16. The van der Waals surface area contributed by atoms with E-state index in [9.17, 15) is 24.3 Å². The minimum Gasteiger partial charge on any atom is -0.545 e. The Morgan fingerprint density at radius 2 is 1.68 bits per heavy atom. The zero-order chi connectivity index (χ0) is 16.7. The fourth-order valence-electron chi connectivity index (χ4n) is 1.50. The highest BCUT2D eigenvalue weighted by Crippen LogP contribution is 2.19. The molecule has 1 N–H and O–H groups in total. The van der Waals surface area contributed by atoms with Gasteiger partial charge < -0.3 is 24.7 Å². The summed E-state index contributed by atoms with van der Waals surface area (Å²) in [6, 6.07) is 3.81. The summed E-state index contributed by atoms with van der Waals surface area (Å²) < 4.78 is 9.09. The van der Waals surface area contributed by atoms with E-state index in [0.717, 1.165) is 7.11 Å². The summed E-state index contributed by atoms with van der Waals surface area (Å²) in [5.41, 5.74) is 0.0578. The van der Waals surface area contributed by atoms with E-state index < -0.39 is 23.8 Å². The van der Waals surface area contributed by atoms with Crippen LogP contribution in [0.3, 0.4) is 0 Å². The average Bonchev–Trinajstić information content (AvgIpc) is 2.51. The van der Waals surface area contributed by atoms with Crippen molar-refractivity contribution < 1.29 is 33.8 Å². The van der Waals surface area contributed by atoms with Gasteiger partial charge in [-0.3, -0.25) is 4.79 Å². The second kappa shape index (κ2) is 7.58. The van der Waals surface area contributed by atoms with Crippen LogP contribution in [0.5, 0.6) is 0 Å². The van der Waals surface area contributed by atoms with Crippen molar-refractivity contribution in [3.63, 3.8) is 0 Å². The van der Waals surface area contributed by atoms with E-state index in [4.69, 9.17) is 0 Å². The highest BCUT2D eigenvalue weighted by molar-refractivity contribution is 6.07. The lowest BCUT2D eigenvalue weighted by Gasteiger charge is -2.10. The fourth-order valence-corrected chi connectivity index (χ4v) is 1.50. The van der Waals surface area contributed by atoms with Crippen molar-refractivity contribution in [3.05, 3.63) is 41.5 Å². The Hall–Kier alpha value is -3.16. The predicted molar refractivity (Wildman–Crippen MR) is 71.9 cm³/mol. The lowest BCUT2D eigenvalue weighted by atomic mass is 10.1. The number of ether oxygens (including phenoxy) is 2. The molecule has 0 unspecified atom stereocenters. The number of benzene rings is 1. The van der Waals surface area contributed by atoms with E-state index in [0.29, 0.717) is 12.2 Å². The summed E-state index contributed by atoms with van der Waals surface area (Å²) >= 11 is 0. The van der Waals surface area contributed by atoms with Crippen LogP contribution in [0.25, 0.3) is 0 Å². The van der Waals surface area contributed by atoms with Crippen molar-refractivity contribution >= 4 is 29.5 Å². The Morgan fingerprint density at radius 3 is 2.23 bits per heavy atom. The van der Waals surface area contributed by atoms with Crippen LogP contribution in [0.4, 0.5) is 5.69 Å². The van der Waals surface area contributed by atoms with Gasteiger partial charge in [0.1, 0.15) is 0 Å². The zero-order valence-electron chi connectivity index (χ0n) is 11.7. The van der Waals surface area contributed by atoms with E-state index in [1.54, 1.807) is 0 Å². The van der Waals surface area contributed by atoms with Crippen LogP contribution >= 0.6 is 0 Å². The number of esters is 2. The van der Waals surface area contributed by atoms with Gasteiger partial charge >= 0.3 is 11.9 Å². The molecule has 0 radical (unpaired) electrons. The Bertz CT molecular complexity index is 649. The van der Waals surface area contributed by atoms with E-state index in [1.807, 2.05) is 0 Å². The number of nitrogens with one attached hydrogen (secondary N) is 1. The molecule has 0 bridgehead atoms. The first-order chi connectivity index (χ1) is 10.4. The normalized spacial score (nSPS) is 10.1. The third-order valence-corrected chi connectivity index (χ3v) is 2.47. The lowest BCUT2D eigenvalue weighted by Crippen LogP contribution is -2.20. The summed E-state index contributed by atoms with van der Waals surface area (Å²) in [6.07, 6.45) is 1.23. The fraction of sp³-hybridized carbons (Fsp3) is 0.143. The quantitative estimate of drug-likeness (QED) is 0.575. The molecule has 116 valence electrons. The smallest absolute Gasteiger partial charge is 0.339 e. The van der Waals surface area contributed by atoms with Gasteiger partial charge in [-0.2, -0.15) is 0 Å². The second-order valence-corrected chi connectivity index (χ2v) is 3.89. The first-order valence-electron chi connectivity index (χ1n) is 5.89. The SMILES string of the molecule is COC(=O)c1ccc(C(=O)OC)c(NC(=O)/C=C/C(=O)[O-])c1. The minimum atomic E-state index is -1.55. The molecule has 1 aromatic carbocycles. The highest BCUT2D eigenvalue weighted by Gasteiger charge is 2.16. The maximum absolute atomic E-state index is 11.6. The molecule has 0 aromatic heterocycles. The first-order valence-corrected chi connectivity index (χ1v) is 5.89. The molecule has 22 heavy (non-hydrogen) atoms. The topological polar surface area (TPSA) is 122 Å². The number of methoxy groups -OCH3 is 2. The molecule has 1 amide bonds. The van der Waals surface area contributed by atoms with Crippen LogP contribution in [0.2, 0.25) is 0 Å². The molecule has 8 nitrogen and oxygen atoms in total. The van der Waals surface area contributed by atoms with Crippen molar-refractivity contribution in [1.82, 2.24) is 0 Å². The van der Waals surface area contributed by atoms with Gasteiger partial charge in [-0.15, -0.1) is 0 Å². The molecule has 8 heteroatoms. The van der Waals surface area contributed by atoms with E-state index in [2.05, 4.69) is 14.8 Å². The lowest BCUT2D eigenvalue weighted by molar-refractivity contribution is -0.297. The number of carboxylic acids is 1. The van der Waals surface area contributed by atoms with Gasteiger partial charge in [0.2, 0.25) is 5.91 Å². The Labute approximate surface area is 125 Å². The zero-order valence-corrected chi connectivity index (χ0v) is 11.7. The van der Waals surface area contributed by atoms with Crippen LogP contribution in [-0.4, -0.2) is 38.0 Å². The Kier molecular flexibility index (Phi) is 5.82. The summed E-state index contributed by atoms with van der Waals surface area (Å²) in [4.78, 5) is 44.9. The average molecular weight is 306 g/mol. The van der Waals surface area contributed by atoms with Crippen molar-refractivity contribution in [2.24, 2.45) is 0 Å². The number of carboxylic acid groups (broad SMARTS) is 1. The van der Waals surface area contributed by atoms with Gasteiger partial charge in [0.25, 0.3) is 0 Å². The van der Waals surface area contributed by atoms with Crippen LogP contribution in [0.15, 0.2) is 30.4 Å². The summed E-state index contributed by atoms with van der Waals surface area (Å²) in [5.74, 6) is -3.78. The van der Waals surface area contributed by atoms with Gasteiger partial charge in [0.15, 0.2) is 0 Å². The van der Waals surface area contributed by atoms with E-state index in [1.165, 1.54) is 25.3 Å². The predicted octanol–water partition coefficient (Wildman–Crippen LogP) is -0.496. The van der Waals surface area contributed by atoms with E-state index >= 15 is 0 Å². The third kappa shape index (κ3) is 4.44. The molecule has 0 aliphatic heterocycles. The number of hydrogen-bond donors (Lipinski definition) is 1. The van der Waals surface area contributed by atoms with Gasteiger partial charge in [-0.05, 0) is 24.3 Å². The molecule has 1 aromatic rings. The van der Waals surface area contributed by atoms with Gasteiger partial charge in [0, 0.05) is 6.08 Å². The third-order valence-electron chi connectivity index (χ3n) is 2.47. The summed E-state index contributed by atoms with van der Waals surface area (Å²) in [6.45, 7) is 0. The maximum Gasteiger partial charge on any atom is 0.339 e. The number of aliphatic carboxylic acids is 1. The van der Waals surface area contributed by atoms with Gasteiger partial charge in [-0.25, -0.2) is 9.59 Å². The largest absolute Gasteiger partial charge is 0.545 e. The van der Waals surface area contributed by atoms with Crippen molar-refractivity contribution in [2.75, 3.05) is 19.5 Å². The Morgan fingerprint density at radius 1 is 1.05 bits per heavy atom. The van der Waals surface area contributed by atoms with Gasteiger partial charge in [-0.1, -0.05) is 0 Å². The molecule has 0 spiro atoms. The van der Waals surface area contributed by atoms with Crippen molar-refractivity contribution in [3.8, 4) is 0 Å². The molecular weight excluding hydrogens is 294 g/mol. The number of anilines is 1. The molecule has 0 saturated heterocycles. The van der Waals surface area contributed by atoms with Crippen LogP contribution in [0, 0.1) is 0 Å². The first kappa shape index (κ1) is 16.9. The molecule has 0 atom stereocenters. The number of carbonyl (C=O) groups is 4. The number of carbonyl (C=O) groups excluding carboxylic acids is 4. The van der Waals surface area contributed by atoms with Gasteiger partial charge in [0.05, 0.1) is 37.0 Å². The highest BCUT2D eigenvalue weighted by atomic mass is 16.5. The monoisotopic (exact) mass is 306 g/mol. The van der Waals surface area contributed by atoms with Crippen LogP contribution in [0.1, 0.15) is 20.7 Å². The minimum absolute atomic E-state index is 0.00893. The molecule has 0 aliphatic carbocycles. The molecule has 0 saturated carbocycles. The van der Waals surface area contributed by atoms with Crippen LogP contribution in [-0.2, 0) is 19.1 Å². The molecule has 0 fully saturated rings. The number of rotatable bonds is 5. The molecule has 0 aliphatic rings. The second-order valence-electron chi connectivity index (χ2n) is 3.89. The molecular formula is C14H12NO7-. The standard InChI is InChI=1S/C14H13NO7/c1-21-13(19)8-3-4-9(14(20)22-2)10(7-8)15-11(16)5-6-12(17)18/h3-7H,1-2H3,(H,15,16)(H,17,18)/p-1/b6-5+. The van der Waals surface area contributed by atoms with Crippen molar-refractivity contribution in [1.29, 1.82) is 0 Å². The van der Waals surface area contributed by atoms with Crippen molar-refractivity contribution in [2.45, 2.75) is 0 Å². The van der Waals surface area contributed by atoms with Crippen LogP contribution < -0.4 is 10.4 Å². The van der Waals surface area contributed by atoms with E-state index in [-0.39, 0.29) is 16.8 Å². The summed E-state index contributed by atoms with van der Waals surface area (Å²) in [7, 11) is 2.33. The maximum atomic E-state index is 11.6.